The van der Waals surface area contributed by atoms with E-state index in [1.54, 1.807) is 11.1 Å². The van der Waals surface area contributed by atoms with E-state index in [1.807, 2.05) is 0 Å². The predicted molar refractivity (Wildman–Crippen MR) is 124 cm³/mol. The van der Waals surface area contributed by atoms with Crippen molar-refractivity contribution in [3.8, 4) is 0 Å². The van der Waals surface area contributed by atoms with E-state index in [1.165, 1.54) is 79.2 Å². The third-order valence-electron chi connectivity index (χ3n) is 6.55. The Kier molecular flexibility index (Phi) is 13.3. The molecular weight excluding hydrogens is 462 g/mol. The van der Waals surface area contributed by atoms with Crippen LogP contribution in [0.15, 0.2) is 18.2 Å². The van der Waals surface area contributed by atoms with Crippen LogP contribution in [0.2, 0.25) is 0 Å². The van der Waals surface area contributed by atoms with Gasteiger partial charge in [0.25, 0.3) is 0 Å². The fourth-order valence-corrected chi connectivity index (χ4v) is 4.15. The average Bonchev–Trinajstić information content (AvgIpc) is 3.25. The monoisotopic (exact) mass is 498 g/mol. The molecule has 0 aliphatic heterocycles. The van der Waals surface area contributed by atoms with Crippen LogP contribution in [-0.2, 0) is 27.3 Å². The average molecular weight is 501 g/mol. The van der Waals surface area contributed by atoms with E-state index in [4.69, 9.17) is 17.0 Å². The molecular formula is C25H38Cl2Zr. The summed E-state index contributed by atoms with van der Waals surface area (Å²) >= 11 is -0.826. The van der Waals surface area contributed by atoms with Gasteiger partial charge in [0.1, 0.15) is 0 Å². The van der Waals surface area contributed by atoms with Gasteiger partial charge in [-0.1, -0.05) is 98.8 Å². The summed E-state index contributed by atoms with van der Waals surface area (Å²) in [7, 11) is 9.87. The zero-order valence-corrected chi connectivity index (χ0v) is 22.7. The summed E-state index contributed by atoms with van der Waals surface area (Å²) in [6, 6.07) is 7.19. The third-order valence-corrected chi connectivity index (χ3v) is 6.55. The van der Waals surface area contributed by atoms with Crippen LogP contribution in [0.3, 0.4) is 0 Å². The molecule has 0 saturated heterocycles. The van der Waals surface area contributed by atoms with Gasteiger partial charge in [-0.15, -0.1) is 0 Å². The minimum atomic E-state index is -0.826. The van der Waals surface area contributed by atoms with E-state index in [0.717, 1.165) is 5.92 Å². The van der Waals surface area contributed by atoms with Crippen molar-refractivity contribution in [3.05, 3.63) is 57.1 Å². The van der Waals surface area contributed by atoms with E-state index in [2.05, 4.69) is 59.7 Å². The van der Waals surface area contributed by atoms with Crippen molar-refractivity contribution in [2.45, 2.75) is 98.8 Å². The second-order valence-electron chi connectivity index (χ2n) is 8.19. The van der Waals surface area contributed by atoms with Gasteiger partial charge in [-0.2, -0.15) is 51.1 Å². The fraction of sp³-hybridized carbons (Fsp3) is 0.600. The molecule has 0 atom stereocenters. The first-order chi connectivity index (χ1) is 13.4. The Bertz CT molecular complexity index is 595. The first kappa shape index (κ1) is 26.2. The molecule has 2 aromatic carbocycles. The van der Waals surface area contributed by atoms with Crippen LogP contribution >= 0.6 is 17.0 Å². The first-order valence-corrected chi connectivity index (χ1v) is 17.1. The van der Waals surface area contributed by atoms with Gasteiger partial charge in [0.05, 0.1) is 0 Å². The molecule has 156 valence electrons. The van der Waals surface area contributed by atoms with Gasteiger partial charge in [0.15, 0.2) is 0 Å². The van der Waals surface area contributed by atoms with Gasteiger partial charge < -0.3 is 0 Å². The summed E-state index contributed by atoms with van der Waals surface area (Å²) in [4.78, 5) is 0. The maximum absolute atomic E-state index is 4.93. The number of hydrogen-bond acceptors (Lipinski definition) is 0. The Morgan fingerprint density at radius 2 is 1.54 bits per heavy atom. The van der Waals surface area contributed by atoms with Crippen LogP contribution in [0.4, 0.5) is 0 Å². The molecule has 1 aliphatic carbocycles. The van der Waals surface area contributed by atoms with Gasteiger partial charge in [0.2, 0.25) is 0 Å². The van der Waals surface area contributed by atoms with Crippen molar-refractivity contribution < 1.29 is 20.8 Å². The third kappa shape index (κ3) is 8.12. The van der Waals surface area contributed by atoms with Gasteiger partial charge in [-0.3, -0.25) is 0 Å². The molecule has 0 bridgehead atoms. The van der Waals surface area contributed by atoms with Gasteiger partial charge >= 0.3 is 37.9 Å². The summed E-state index contributed by atoms with van der Waals surface area (Å²) < 4.78 is 0. The summed E-state index contributed by atoms with van der Waals surface area (Å²) in [5, 5.41) is 0. The molecule has 1 fully saturated rings. The van der Waals surface area contributed by atoms with Gasteiger partial charge in [-0.25, -0.2) is 6.07 Å². The van der Waals surface area contributed by atoms with Crippen molar-refractivity contribution in [1.29, 1.82) is 0 Å². The zero-order chi connectivity index (χ0) is 21.1. The molecule has 28 heavy (non-hydrogen) atoms. The summed E-state index contributed by atoms with van der Waals surface area (Å²) in [6.45, 7) is 13.3. The number of halogens is 2. The van der Waals surface area contributed by atoms with Crippen LogP contribution in [0, 0.1) is 34.6 Å². The van der Waals surface area contributed by atoms with Crippen molar-refractivity contribution >= 4 is 17.0 Å². The normalized spacial score (nSPS) is 13.9. The topological polar surface area (TPSA) is 0 Å². The minimum absolute atomic E-state index is 0.826. The SMILES string of the molecule is CCCC[c-]1ccc(C2CCCCC2)c1.Cc1c(C)c(C)[c-](C)c1C.[Cl][Zr+2][Cl]. The van der Waals surface area contributed by atoms with Crippen LogP contribution in [0.5, 0.6) is 0 Å². The van der Waals surface area contributed by atoms with Gasteiger partial charge in [0, 0.05) is 0 Å². The molecule has 0 spiro atoms. The molecule has 0 radical (unpaired) electrons. The Morgan fingerprint density at radius 3 is 1.96 bits per heavy atom. The number of hydrogen-bond donors (Lipinski definition) is 0. The number of unbranched alkanes of at least 4 members (excludes halogenated alkanes) is 1. The molecule has 0 unspecified atom stereocenters. The van der Waals surface area contributed by atoms with Crippen molar-refractivity contribution in [1.82, 2.24) is 0 Å². The maximum atomic E-state index is 4.93. The van der Waals surface area contributed by atoms with E-state index in [-0.39, 0.29) is 0 Å². The molecule has 0 heterocycles. The van der Waals surface area contributed by atoms with E-state index in [0.29, 0.717) is 0 Å². The predicted octanol–water partition coefficient (Wildman–Crippen LogP) is 9.12. The standard InChI is InChI=1S/C15H23.C10H15.2ClH.Zr/c1-2-3-7-13-10-11-15(12-13)14-8-5-4-6-9-14;1-6-7(2)9(4)10(5)8(6)3;;;/h10-12,14H,2-9H2,1H3;1-5H3;2*1H;/q2*-1;;;+4/p-2. The van der Waals surface area contributed by atoms with Crippen LogP contribution in [0.1, 0.15) is 96.7 Å². The molecule has 0 amide bonds. The first-order valence-electron chi connectivity index (χ1n) is 10.8. The fourth-order valence-electron chi connectivity index (χ4n) is 4.15. The summed E-state index contributed by atoms with van der Waals surface area (Å²) in [5.41, 5.74) is 10.5. The van der Waals surface area contributed by atoms with Crippen LogP contribution in [-0.4, -0.2) is 0 Å². The molecule has 0 aromatic heterocycles. The molecule has 1 saturated carbocycles. The van der Waals surface area contributed by atoms with Crippen molar-refractivity contribution in [2.24, 2.45) is 0 Å². The number of aryl methyl sites for hydroxylation is 1. The van der Waals surface area contributed by atoms with E-state index >= 15 is 0 Å². The van der Waals surface area contributed by atoms with Crippen LogP contribution < -0.4 is 0 Å². The summed E-state index contributed by atoms with van der Waals surface area (Å²) in [6.07, 6.45) is 11.1. The quantitative estimate of drug-likeness (QED) is 0.367. The zero-order valence-electron chi connectivity index (χ0n) is 18.7. The Morgan fingerprint density at radius 1 is 1.00 bits per heavy atom. The molecule has 3 heteroatoms. The Balaban J connectivity index is 0.000000261. The molecule has 2 aromatic rings. The molecule has 1 aliphatic rings. The van der Waals surface area contributed by atoms with E-state index in [9.17, 15) is 0 Å². The van der Waals surface area contributed by atoms with E-state index < -0.39 is 20.8 Å². The van der Waals surface area contributed by atoms with Crippen LogP contribution in [0.25, 0.3) is 0 Å². The molecule has 0 nitrogen and oxygen atoms in total. The van der Waals surface area contributed by atoms with Gasteiger partial charge in [-0.05, 0) is 0 Å². The Labute approximate surface area is 192 Å². The van der Waals surface area contributed by atoms with Crippen molar-refractivity contribution in [2.75, 3.05) is 0 Å². The second kappa shape index (κ2) is 14.2. The number of rotatable bonds is 4. The Hall–Kier alpha value is 0.163. The molecule has 0 N–H and O–H groups in total. The second-order valence-corrected chi connectivity index (χ2v) is 11.9. The van der Waals surface area contributed by atoms with Crippen molar-refractivity contribution in [3.63, 3.8) is 0 Å². The molecule has 3 rings (SSSR count). The summed E-state index contributed by atoms with van der Waals surface area (Å²) in [5.74, 6) is 0.883.